The standard InChI is InChI=1S/C30H40N3O3/c1-21(2)25-14-9-22(3)19-28(25)36-29(34)20-33-27-8-6-5-7-26(27)31(4)30(33)23-10-12-24(13-11-23)32-15-17-35-18-16-32/h5-8,10-13,21-22,25,28H,9,14-20H2,1-4H3/q+1/t22-,25+,28?/m1/s1. The molecule has 2 aliphatic rings. The van der Waals surface area contributed by atoms with E-state index in [1.54, 1.807) is 0 Å². The van der Waals surface area contributed by atoms with Gasteiger partial charge in [-0.3, -0.25) is 0 Å². The number of carbonyl (C=O) groups excluding carboxylic acids is 1. The lowest BCUT2D eigenvalue weighted by Gasteiger charge is -2.36. The van der Waals surface area contributed by atoms with Crippen molar-refractivity contribution in [2.75, 3.05) is 31.2 Å². The van der Waals surface area contributed by atoms with Gasteiger partial charge in [0.15, 0.2) is 17.6 Å². The predicted molar refractivity (Wildman–Crippen MR) is 143 cm³/mol. The van der Waals surface area contributed by atoms with Crippen LogP contribution in [0.25, 0.3) is 22.4 Å². The van der Waals surface area contributed by atoms with Crippen molar-refractivity contribution >= 4 is 22.7 Å². The number of aryl methyl sites for hydroxylation is 1. The summed E-state index contributed by atoms with van der Waals surface area (Å²) in [6.45, 7) is 10.3. The van der Waals surface area contributed by atoms with E-state index in [0.29, 0.717) is 17.8 Å². The van der Waals surface area contributed by atoms with Crippen LogP contribution in [0.2, 0.25) is 0 Å². The SMILES string of the molecule is CC(C)[C@@H]1CC[C@@H](C)CC1OC(=O)Cn1c(-c2ccc(N3CCOCC3)cc2)[n+](C)c2ccccc21. The number of anilines is 1. The number of carbonyl (C=O) groups is 1. The van der Waals surface area contributed by atoms with Crippen LogP contribution in [-0.2, 0) is 27.9 Å². The van der Waals surface area contributed by atoms with E-state index in [4.69, 9.17) is 9.47 Å². The van der Waals surface area contributed by atoms with Gasteiger partial charge in [0.25, 0.3) is 5.82 Å². The van der Waals surface area contributed by atoms with Crippen molar-refractivity contribution in [1.82, 2.24) is 4.57 Å². The Balaban J connectivity index is 1.43. The van der Waals surface area contributed by atoms with Gasteiger partial charge in [-0.1, -0.05) is 39.3 Å². The lowest BCUT2D eigenvalue weighted by molar-refractivity contribution is -0.634. The normalized spacial score (nSPS) is 22.8. The first-order chi connectivity index (χ1) is 17.4. The van der Waals surface area contributed by atoms with E-state index < -0.39 is 0 Å². The molecule has 0 N–H and O–H groups in total. The molecule has 0 radical (unpaired) electrons. The minimum atomic E-state index is -0.146. The summed E-state index contributed by atoms with van der Waals surface area (Å²) in [5.74, 6) is 2.42. The number of ether oxygens (including phenoxy) is 2. The number of esters is 1. The van der Waals surface area contributed by atoms with E-state index in [9.17, 15) is 4.79 Å². The Kier molecular flexibility index (Phi) is 7.33. The molecular formula is C30H40N3O3+. The summed E-state index contributed by atoms with van der Waals surface area (Å²) in [6, 6.07) is 17.0. The highest BCUT2D eigenvalue weighted by Crippen LogP contribution is 2.35. The third-order valence-electron chi connectivity index (χ3n) is 8.14. The Labute approximate surface area is 214 Å². The number of aromatic nitrogens is 2. The van der Waals surface area contributed by atoms with Crippen LogP contribution in [0.4, 0.5) is 5.69 Å². The van der Waals surface area contributed by atoms with Gasteiger partial charge < -0.3 is 14.4 Å². The van der Waals surface area contributed by atoms with Crippen LogP contribution in [0.15, 0.2) is 48.5 Å². The number of morpholine rings is 1. The highest BCUT2D eigenvalue weighted by Gasteiger charge is 2.34. The summed E-state index contributed by atoms with van der Waals surface area (Å²) in [5.41, 5.74) is 4.44. The molecule has 1 aromatic heterocycles. The first-order valence-electron chi connectivity index (χ1n) is 13.5. The minimum Gasteiger partial charge on any atom is -0.459 e. The predicted octanol–water partition coefficient (Wildman–Crippen LogP) is 4.97. The maximum Gasteiger partial charge on any atom is 0.348 e. The Hall–Kier alpha value is -2.86. The summed E-state index contributed by atoms with van der Waals surface area (Å²) in [5, 5.41) is 0. The van der Waals surface area contributed by atoms with Crippen molar-refractivity contribution in [3.63, 3.8) is 0 Å². The van der Waals surface area contributed by atoms with Gasteiger partial charge in [-0.2, -0.15) is 0 Å². The smallest absolute Gasteiger partial charge is 0.348 e. The molecule has 0 bridgehead atoms. The van der Waals surface area contributed by atoms with Crippen molar-refractivity contribution in [2.45, 2.75) is 52.7 Å². The lowest BCUT2D eigenvalue weighted by Crippen LogP contribution is -2.37. The first-order valence-corrected chi connectivity index (χ1v) is 13.5. The molecule has 1 aliphatic carbocycles. The van der Waals surface area contributed by atoms with Gasteiger partial charge in [0.1, 0.15) is 6.10 Å². The van der Waals surface area contributed by atoms with E-state index in [-0.39, 0.29) is 18.6 Å². The molecule has 6 nitrogen and oxygen atoms in total. The molecule has 1 saturated heterocycles. The molecule has 6 heteroatoms. The fraction of sp³-hybridized carbons (Fsp3) is 0.533. The van der Waals surface area contributed by atoms with E-state index in [0.717, 1.165) is 61.6 Å². The summed E-state index contributed by atoms with van der Waals surface area (Å²) >= 11 is 0. The molecule has 5 rings (SSSR count). The third kappa shape index (κ3) is 5.01. The van der Waals surface area contributed by atoms with Crippen molar-refractivity contribution in [3.05, 3.63) is 48.5 Å². The van der Waals surface area contributed by atoms with Gasteiger partial charge in [-0.05, 0) is 67.0 Å². The average molecular weight is 491 g/mol. The van der Waals surface area contributed by atoms with Crippen LogP contribution < -0.4 is 9.47 Å². The molecular weight excluding hydrogens is 450 g/mol. The van der Waals surface area contributed by atoms with Gasteiger partial charge in [-0.25, -0.2) is 13.9 Å². The topological polar surface area (TPSA) is 47.6 Å². The number of imidazole rings is 1. The number of para-hydroxylation sites is 2. The number of rotatable bonds is 6. The number of nitrogens with zero attached hydrogens (tertiary/aromatic N) is 3. The van der Waals surface area contributed by atoms with E-state index >= 15 is 0 Å². The number of hydrogen-bond donors (Lipinski definition) is 0. The minimum absolute atomic E-state index is 0.00748. The molecule has 2 aromatic carbocycles. The zero-order valence-corrected chi connectivity index (χ0v) is 22.2. The lowest BCUT2D eigenvalue weighted by atomic mass is 9.75. The largest absolute Gasteiger partial charge is 0.459 e. The number of benzene rings is 2. The molecule has 0 spiro atoms. The van der Waals surface area contributed by atoms with Gasteiger partial charge in [0.05, 0.1) is 25.8 Å². The van der Waals surface area contributed by atoms with Crippen molar-refractivity contribution in [3.8, 4) is 11.4 Å². The van der Waals surface area contributed by atoms with Crippen LogP contribution in [0, 0.1) is 17.8 Å². The van der Waals surface area contributed by atoms with Gasteiger partial charge in [0, 0.05) is 18.8 Å². The molecule has 192 valence electrons. The highest BCUT2D eigenvalue weighted by atomic mass is 16.5. The van der Waals surface area contributed by atoms with Crippen LogP contribution in [0.1, 0.15) is 40.0 Å². The van der Waals surface area contributed by atoms with Crippen LogP contribution >= 0.6 is 0 Å². The van der Waals surface area contributed by atoms with Crippen LogP contribution in [0.5, 0.6) is 0 Å². The fourth-order valence-corrected chi connectivity index (χ4v) is 6.12. The van der Waals surface area contributed by atoms with Gasteiger partial charge >= 0.3 is 5.97 Å². The van der Waals surface area contributed by atoms with Crippen molar-refractivity contribution in [1.29, 1.82) is 0 Å². The molecule has 2 fully saturated rings. The van der Waals surface area contributed by atoms with E-state index in [1.807, 2.05) is 12.1 Å². The molecule has 3 aromatic rings. The Morgan fingerprint density at radius 1 is 1.08 bits per heavy atom. The van der Waals surface area contributed by atoms with Crippen molar-refractivity contribution < 1.29 is 18.8 Å². The second-order valence-electron chi connectivity index (χ2n) is 11.0. The zero-order valence-electron chi connectivity index (χ0n) is 22.2. The quantitative estimate of drug-likeness (QED) is 0.361. The molecule has 2 heterocycles. The molecule has 36 heavy (non-hydrogen) atoms. The number of hydrogen-bond acceptors (Lipinski definition) is 4. The fourth-order valence-electron chi connectivity index (χ4n) is 6.12. The average Bonchev–Trinajstić information content (AvgIpc) is 3.16. The summed E-state index contributed by atoms with van der Waals surface area (Å²) < 4.78 is 16.0. The summed E-state index contributed by atoms with van der Waals surface area (Å²) in [7, 11) is 2.08. The monoisotopic (exact) mass is 490 g/mol. The summed E-state index contributed by atoms with van der Waals surface area (Å²) in [6.07, 6.45) is 3.33. The van der Waals surface area contributed by atoms with Crippen LogP contribution in [0.3, 0.4) is 0 Å². The maximum absolute atomic E-state index is 13.4. The highest BCUT2D eigenvalue weighted by molar-refractivity contribution is 5.80. The van der Waals surface area contributed by atoms with E-state index in [2.05, 4.69) is 78.3 Å². The molecule has 1 unspecified atom stereocenters. The van der Waals surface area contributed by atoms with Gasteiger partial charge in [0.2, 0.25) is 0 Å². The second-order valence-corrected chi connectivity index (χ2v) is 11.0. The number of fused-ring (bicyclic) bond motifs is 1. The molecule has 3 atom stereocenters. The van der Waals surface area contributed by atoms with Crippen molar-refractivity contribution in [2.24, 2.45) is 24.8 Å². The second kappa shape index (κ2) is 10.6. The zero-order chi connectivity index (χ0) is 25.2. The summed E-state index contributed by atoms with van der Waals surface area (Å²) in [4.78, 5) is 15.7. The Morgan fingerprint density at radius 3 is 2.53 bits per heavy atom. The maximum atomic E-state index is 13.4. The molecule has 1 saturated carbocycles. The van der Waals surface area contributed by atoms with Gasteiger partial charge in [-0.15, -0.1) is 0 Å². The first kappa shape index (κ1) is 24.8. The van der Waals surface area contributed by atoms with E-state index in [1.165, 1.54) is 12.1 Å². The Morgan fingerprint density at radius 2 is 1.81 bits per heavy atom. The molecule has 1 aliphatic heterocycles. The molecule has 0 amide bonds. The Bertz CT molecular complexity index is 1190. The third-order valence-corrected chi connectivity index (χ3v) is 8.14. The van der Waals surface area contributed by atoms with Crippen LogP contribution in [-0.4, -0.2) is 42.9 Å².